The van der Waals surface area contributed by atoms with Crippen LogP contribution in [-0.4, -0.2) is 11.7 Å². The number of furan rings is 1. The maximum Gasteiger partial charge on any atom is 0.160 e. The predicted octanol–water partition coefficient (Wildman–Crippen LogP) is 11.7. The highest BCUT2D eigenvalue weighted by Gasteiger charge is 2.26. The lowest BCUT2D eigenvalue weighted by atomic mass is 9.91. The van der Waals surface area contributed by atoms with Crippen molar-refractivity contribution < 1.29 is 4.42 Å². The second-order valence-electron chi connectivity index (χ2n) is 13.0. The van der Waals surface area contributed by atoms with Gasteiger partial charge in [0.25, 0.3) is 0 Å². The zero-order chi connectivity index (χ0) is 33.7. The fraction of sp³-hybridized carbons (Fsp3) is 0.0213. The molecule has 4 heteroatoms. The van der Waals surface area contributed by atoms with Crippen molar-refractivity contribution in [3.8, 4) is 22.3 Å². The Kier molecular flexibility index (Phi) is 6.85. The first kappa shape index (κ1) is 29.2. The average Bonchev–Trinajstić information content (AvgIpc) is 3.60. The molecule has 1 unspecified atom stereocenters. The number of para-hydroxylation sites is 1. The van der Waals surface area contributed by atoms with Crippen LogP contribution in [0.3, 0.4) is 0 Å². The molecule has 240 valence electrons. The van der Waals surface area contributed by atoms with Crippen molar-refractivity contribution in [1.82, 2.24) is 5.32 Å². The maximum atomic E-state index is 6.46. The van der Waals surface area contributed by atoms with Gasteiger partial charge in [-0.3, -0.25) is 0 Å². The van der Waals surface area contributed by atoms with Crippen molar-refractivity contribution in [2.75, 3.05) is 0 Å². The lowest BCUT2D eigenvalue weighted by Crippen LogP contribution is -2.33. The summed E-state index contributed by atoms with van der Waals surface area (Å²) in [6.07, 6.45) is -0.343. The lowest BCUT2D eigenvalue weighted by molar-refractivity contribution is 0.668. The maximum absolute atomic E-state index is 6.46. The summed E-state index contributed by atoms with van der Waals surface area (Å²) in [7, 11) is 0. The van der Waals surface area contributed by atoms with E-state index in [9.17, 15) is 0 Å². The summed E-state index contributed by atoms with van der Waals surface area (Å²) in [5.74, 6) is 1.43. The fourth-order valence-electron chi connectivity index (χ4n) is 7.42. The Hall–Kier alpha value is -6.78. The number of hydrogen-bond acceptors (Lipinski definition) is 4. The van der Waals surface area contributed by atoms with E-state index in [4.69, 9.17) is 14.4 Å². The van der Waals surface area contributed by atoms with Gasteiger partial charge in [0.2, 0.25) is 0 Å². The van der Waals surface area contributed by atoms with E-state index in [1.807, 2.05) is 24.3 Å². The molecule has 4 nitrogen and oxygen atoms in total. The number of benzene rings is 8. The smallest absolute Gasteiger partial charge is 0.160 e. The molecule has 8 aromatic carbocycles. The molecule has 0 radical (unpaired) electrons. The summed E-state index contributed by atoms with van der Waals surface area (Å²) in [6, 6.07) is 61.7. The van der Waals surface area contributed by atoms with Gasteiger partial charge in [-0.05, 0) is 73.6 Å². The van der Waals surface area contributed by atoms with E-state index in [2.05, 4.69) is 157 Å². The van der Waals surface area contributed by atoms with Crippen molar-refractivity contribution in [2.45, 2.75) is 6.17 Å². The van der Waals surface area contributed by atoms with Crippen LogP contribution in [-0.2, 0) is 0 Å². The zero-order valence-electron chi connectivity index (χ0n) is 27.6. The molecular formula is C47H31N3O. The minimum Gasteiger partial charge on any atom is -0.456 e. The monoisotopic (exact) mass is 653 g/mol. The van der Waals surface area contributed by atoms with E-state index in [-0.39, 0.29) is 6.17 Å². The lowest BCUT2D eigenvalue weighted by Gasteiger charge is -2.25. The Labute approximate surface area is 295 Å². The number of rotatable bonds is 5. The molecule has 0 fully saturated rings. The zero-order valence-corrected chi connectivity index (χ0v) is 27.6. The molecule has 0 amide bonds. The number of hydrogen-bond donors (Lipinski definition) is 1. The summed E-state index contributed by atoms with van der Waals surface area (Å²) >= 11 is 0. The van der Waals surface area contributed by atoms with Gasteiger partial charge >= 0.3 is 0 Å². The van der Waals surface area contributed by atoms with Crippen LogP contribution in [0.2, 0.25) is 0 Å². The number of amidine groups is 2. The van der Waals surface area contributed by atoms with Crippen molar-refractivity contribution in [3.05, 3.63) is 193 Å². The Morgan fingerprint density at radius 2 is 1.10 bits per heavy atom. The molecule has 1 aliphatic rings. The van der Waals surface area contributed by atoms with E-state index < -0.39 is 0 Å². The summed E-state index contributed by atoms with van der Waals surface area (Å²) in [5, 5.41) is 10.6. The topological polar surface area (TPSA) is 49.9 Å². The number of nitrogens with zero attached hydrogens (tertiary/aromatic N) is 2. The molecule has 1 atom stereocenters. The first-order valence-electron chi connectivity index (χ1n) is 17.3. The molecule has 0 saturated heterocycles. The molecule has 2 heterocycles. The van der Waals surface area contributed by atoms with Crippen LogP contribution in [0.15, 0.2) is 190 Å². The molecule has 10 rings (SSSR count). The van der Waals surface area contributed by atoms with Crippen LogP contribution in [0, 0.1) is 0 Å². The standard InChI is InChI=1S/C47H31N3O/c1-3-11-30(12-4-1)31-19-24-35(25-20-31)46-48-45(34-14-5-2-6-15-34)49-47(50-46)44-38(27-28-42-43(44)39-17-9-10-18-41(39)51-42)36-26-23-33-22-21-32-13-7-8-16-37(32)40(33)29-36/h1-29,45H,(H,48,49,50). The van der Waals surface area contributed by atoms with Gasteiger partial charge in [-0.2, -0.15) is 0 Å². The third-order valence-electron chi connectivity index (χ3n) is 9.95. The fourth-order valence-corrected chi connectivity index (χ4v) is 7.42. The molecule has 0 bridgehead atoms. The van der Waals surface area contributed by atoms with Crippen LogP contribution in [0.5, 0.6) is 0 Å². The van der Waals surface area contributed by atoms with Crippen LogP contribution in [0.4, 0.5) is 0 Å². The predicted molar refractivity (Wildman–Crippen MR) is 211 cm³/mol. The number of fused-ring (bicyclic) bond motifs is 6. The van der Waals surface area contributed by atoms with Crippen molar-refractivity contribution >= 4 is 55.2 Å². The summed E-state index contributed by atoms with van der Waals surface area (Å²) < 4.78 is 6.46. The Bertz CT molecular complexity index is 2820. The van der Waals surface area contributed by atoms with Crippen LogP contribution < -0.4 is 5.32 Å². The number of nitrogens with one attached hydrogen (secondary N) is 1. The van der Waals surface area contributed by atoms with Crippen molar-refractivity contribution in [1.29, 1.82) is 0 Å². The quantitative estimate of drug-likeness (QED) is 0.188. The van der Waals surface area contributed by atoms with Gasteiger partial charge in [-0.25, -0.2) is 9.98 Å². The molecule has 0 spiro atoms. The van der Waals surface area contributed by atoms with E-state index in [1.165, 1.54) is 27.1 Å². The summed E-state index contributed by atoms with van der Waals surface area (Å²) in [6.45, 7) is 0. The van der Waals surface area contributed by atoms with Gasteiger partial charge in [0.05, 0.1) is 0 Å². The molecule has 1 aliphatic heterocycles. The highest BCUT2D eigenvalue weighted by atomic mass is 16.3. The second-order valence-corrected chi connectivity index (χ2v) is 13.0. The van der Waals surface area contributed by atoms with Gasteiger partial charge in [0.1, 0.15) is 23.2 Å². The third-order valence-corrected chi connectivity index (χ3v) is 9.95. The first-order valence-corrected chi connectivity index (χ1v) is 17.3. The van der Waals surface area contributed by atoms with Crippen molar-refractivity contribution in [3.63, 3.8) is 0 Å². The minimum atomic E-state index is -0.343. The highest BCUT2D eigenvalue weighted by Crippen LogP contribution is 2.40. The summed E-state index contributed by atoms with van der Waals surface area (Å²) in [5.41, 5.74) is 9.15. The third kappa shape index (κ3) is 5.08. The van der Waals surface area contributed by atoms with Gasteiger partial charge in [0, 0.05) is 21.9 Å². The Morgan fingerprint density at radius 1 is 0.471 bits per heavy atom. The largest absolute Gasteiger partial charge is 0.456 e. The van der Waals surface area contributed by atoms with Crippen LogP contribution >= 0.6 is 0 Å². The van der Waals surface area contributed by atoms with Crippen LogP contribution in [0.25, 0.3) is 65.7 Å². The Balaban J connectivity index is 1.22. The first-order chi connectivity index (χ1) is 25.3. The van der Waals surface area contributed by atoms with Crippen LogP contribution in [0.1, 0.15) is 22.9 Å². The molecular weight excluding hydrogens is 623 g/mol. The van der Waals surface area contributed by atoms with Gasteiger partial charge in [0.15, 0.2) is 5.84 Å². The van der Waals surface area contributed by atoms with E-state index in [0.717, 1.165) is 61.2 Å². The van der Waals surface area contributed by atoms with E-state index in [0.29, 0.717) is 5.84 Å². The van der Waals surface area contributed by atoms with E-state index >= 15 is 0 Å². The van der Waals surface area contributed by atoms with Gasteiger partial charge in [-0.1, -0.05) is 152 Å². The molecule has 1 N–H and O–H groups in total. The SMILES string of the molecule is c1ccc(-c2ccc(C3=NC(c4c(-c5ccc6ccc7ccccc7c6c5)ccc5oc6ccccc6c45)=NC(c4ccccc4)N3)cc2)cc1. The molecule has 9 aromatic rings. The van der Waals surface area contributed by atoms with Gasteiger partial charge < -0.3 is 9.73 Å². The number of aliphatic imine (C=N–C) groups is 2. The molecule has 1 aromatic heterocycles. The second kappa shape index (κ2) is 12.0. The summed E-state index contributed by atoms with van der Waals surface area (Å²) in [4.78, 5) is 10.7. The van der Waals surface area contributed by atoms with E-state index in [1.54, 1.807) is 0 Å². The molecule has 0 saturated carbocycles. The highest BCUT2D eigenvalue weighted by molar-refractivity contribution is 6.25. The van der Waals surface area contributed by atoms with Gasteiger partial charge in [-0.15, -0.1) is 0 Å². The Morgan fingerprint density at radius 3 is 1.92 bits per heavy atom. The average molecular weight is 654 g/mol. The molecule has 51 heavy (non-hydrogen) atoms. The van der Waals surface area contributed by atoms with Crippen molar-refractivity contribution in [2.24, 2.45) is 9.98 Å². The minimum absolute atomic E-state index is 0.343. The normalized spacial score (nSPS) is 14.5. The molecule has 0 aliphatic carbocycles.